The first-order chi connectivity index (χ1) is 14.0. The smallest absolute Gasteiger partial charge is 0.200 e. The zero-order valence-electron chi connectivity index (χ0n) is 19.4. The number of unbranched alkanes of at least 4 members (excludes halogenated alkanes) is 7. The molecule has 2 rings (SSSR count). The summed E-state index contributed by atoms with van der Waals surface area (Å²) < 4.78 is 11.6. The van der Waals surface area contributed by atoms with E-state index in [9.17, 15) is 5.11 Å². The molecule has 0 saturated carbocycles. The lowest BCUT2D eigenvalue weighted by atomic mass is 9.81. The number of benzene rings is 1. The second kappa shape index (κ2) is 12.3. The quantitative estimate of drug-likeness (QED) is 0.288. The summed E-state index contributed by atoms with van der Waals surface area (Å²) in [4.78, 5) is 0. The normalized spacial score (nSPS) is 18.2. The van der Waals surface area contributed by atoms with Gasteiger partial charge in [0.2, 0.25) is 0 Å². The van der Waals surface area contributed by atoms with Gasteiger partial charge < -0.3 is 14.6 Å². The number of aromatic hydroxyl groups is 1. The Morgan fingerprint density at radius 2 is 1.69 bits per heavy atom. The van der Waals surface area contributed by atoms with Crippen LogP contribution in [0.5, 0.6) is 11.5 Å². The minimum Gasteiger partial charge on any atom is -0.507 e. The van der Waals surface area contributed by atoms with Crippen LogP contribution >= 0.6 is 0 Å². The highest BCUT2D eigenvalue weighted by Gasteiger charge is 2.33. The second-order valence-corrected chi connectivity index (χ2v) is 8.70. The van der Waals surface area contributed by atoms with E-state index in [0.29, 0.717) is 5.75 Å². The van der Waals surface area contributed by atoms with Crippen molar-refractivity contribution in [3.63, 3.8) is 0 Å². The van der Waals surface area contributed by atoms with E-state index in [1.54, 1.807) is 7.11 Å². The summed E-state index contributed by atoms with van der Waals surface area (Å²) in [5.41, 5.74) is 4.80. The van der Waals surface area contributed by atoms with Crippen LogP contribution in [0.3, 0.4) is 0 Å². The van der Waals surface area contributed by atoms with Crippen LogP contribution in [-0.2, 0) is 11.2 Å². The van der Waals surface area contributed by atoms with Gasteiger partial charge in [-0.1, -0.05) is 69.9 Å². The molecule has 3 nitrogen and oxygen atoms in total. The maximum Gasteiger partial charge on any atom is 0.200 e. The molecule has 0 radical (unpaired) electrons. The Kier molecular flexibility index (Phi) is 10.1. The van der Waals surface area contributed by atoms with E-state index in [-0.39, 0.29) is 12.2 Å². The molecule has 1 aromatic carbocycles. The van der Waals surface area contributed by atoms with Crippen molar-refractivity contribution in [3.8, 4) is 11.5 Å². The fourth-order valence-electron chi connectivity index (χ4n) is 4.63. The molecule has 0 saturated heterocycles. The summed E-state index contributed by atoms with van der Waals surface area (Å²) in [7, 11) is 1.70. The Morgan fingerprint density at radius 3 is 2.28 bits per heavy atom. The molecule has 1 heterocycles. The maximum atomic E-state index is 10.9. The monoisotopic (exact) mass is 402 g/mol. The molecule has 1 aliphatic rings. The molecule has 0 aliphatic carbocycles. The summed E-state index contributed by atoms with van der Waals surface area (Å²) in [6, 6.07) is 4.09. The first-order valence-corrected chi connectivity index (χ1v) is 11.7. The van der Waals surface area contributed by atoms with Crippen LogP contribution in [0.2, 0.25) is 0 Å². The van der Waals surface area contributed by atoms with Gasteiger partial charge in [-0.15, -0.1) is 0 Å². The van der Waals surface area contributed by atoms with E-state index in [2.05, 4.69) is 33.8 Å². The number of hydrogen-bond donors (Lipinski definition) is 1. The summed E-state index contributed by atoms with van der Waals surface area (Å²) in [6.45, 7) is 8.76. The Bertz CT molecular complexity index is 658. The molecule has 2 unspecified atom stereocenters. The zero-order valence-corrected chi connectivity index (χ0v) is 19.4. The van der Waals surface area contributed by atoms with Crippen molar-refractivity contribution in [2.75, 3.05) is 7.11 Å². The van der Waals surface area contributed by atoms with Crippen LogP contribution in [-0.4, -0.2) is 18.5 Å². The average Bonchev–Trinajstić information content (AvgIpc) is 2.69. The van der Waals surface area contributed by atoms with E-state index in [4.69, 9.17) is 9.47 Å². The van der Waals surface area contributed by atoms with E-state index in [1.807, 2.05) is 6.07 Å². The fourth-order valence-corrected chi connectivity index (χ4v) is 4.63. The molecule has 0 spiro atoms. The van der Waals surface area contributed by atoms with Gasteiger partial charge in [-0.05, 0) is 50.8 Å². The van der Waals surface area contributed by atoms with E-state index in [1.165, 1.54) is 56.1 Å². The predicted molar refractivity (Wildman–Crippen MR) is 122 cm³/mol. The Balaban J connectivity index is 2.05. The highest BCUT2D eigenvalue weighted by molar-refractivity contribution is 5.53. The van der Waals surface area contributed by atoms with Gasteiger partial charge in [0.15, 0.2) is 6.29 Å². The molecule has 0 bridgehead atoms. The molecule has 1 N–H and O–H groups in total. The lowest BCUT2D eigenvalue weighted by molar-refractivity contribution is -0.0697. The van der Waals surface area contributed by atoms with Gasteiger partial charge in [0.05, 0.1) is 0 Å². The zero-order chi connectivity index (χ0) is 21.2. The molecule has 2 atom stereocenters. The van der Waals surface area contributed by atoms with Crippen molar-refractivity contribution in [1.82, 2.24) is 0 Å². The summed E-state index contributed by atoms with van der Waals surface area (Å²) in [5, 5.41) is 10.9. The first-order valence-electron chi connectivity index (χ1n) is 11.7. The highest BCUT2D eigenvalue weighted by Crippen LogP contribution is 2.47. The summed E-state index contributed by atoms with van der Waals surface area (Å²) in [5.74, 6) is 1.34. The molecule has 0 amide bonds. The molecule has 0 aromatic heterocycles. The van der Waals surface area contributed by atoms with Crippen LogP contribution in [0, 0.1) is 0 Å². The standard InChI is InChI=1S/C26H42O3/c1-6-8-9-10-11-12-13-14-15-20-16-23(27)26-22(21(7-2)19(3)4)18-25(28-5)29-24(26)17-20/h16-17,22,25,27H,6-15,18H2,1-5H3. The molecule has 3 heteroatoms. The van der Waals surface area contributed by atoms with Crippen molar-refractivity contribution < 1.29 is 14.6 Å². The van der Waals surface area contributed by atoms with Gasteiger partial charge >= 0.3 is 0 Å². The first kappa shape index (κ1) is 23.8. The van der Waals surface area contributed by atoms with Crippen molar-refractivity contribution in [2.45, 2.75) is 111 Å². The largest absolute Gasteiger partial charge is 0.507 e. The van der Waals surface area contributed by atoms with Gasteiger partial charge in [0.1, 0.15) is 11.5 Å². The van der Waals surface area contributed by atoms with Crippen LogP contribution in [0.4, 0.5) is 0 Å². The fraction of sp³-hybridized carbons (Fsp3) is 0.692. The molecule has 29 heavy (non-hydrogen) atoms. The minimum atomic E-state index is -0.258. The van der Waals surface area contributed by atoms with Gasteiger partial charge in [0, 0.05) is 25.0 Å². The highest BCUT2D eigenvalue weighted by atomic mass is 16.7. The Hall–Kier alpha value is -1.48. The number of hydrogen-bond acceptors (Lipinski definition) is 3. The third kappa shape index (κ3) is 6.77. The topological polar surface area (TPSA) is 38.7 Å². The van der Waals surface area contributed by atoms with Gasteiger partial charge in [-0.2, -0.15) is 0 Å². The third-order valence-corrected chi connectivity index (χ3v) is 6.24. The lowest BCUT2D eigenvalue weighted by Crippen LogP contribution is -2.28. The number of fused-ring (bicyclic) bond motifs is 1. The molecule has 1 aromatic rings. The number of methoxy groups -OCH3 is 1. The minimum absolute atomic E-state index is 0.163. The van der Waals surface area contributed by atoms with Crippen LogP contribution in [0.15, 0.2) is 23.3 Å². The molecule has 164 valence electrons. The van der Waals surface area contributed by atoms with Crippen molar-refractivity contribution in [1.29, 1.82) is 0 Å². The van der Waals surface area contributed by atoms with Crippen LogP contribution in [0.25, 0.3) is 0 Å². The summed E-state index contributed by atoms with van der Waals surface area (Å²) >= 11 is 0. The molecular formula is C26H42O3. The predicted octanol–water partition coefficient (Wildman–Crippen LogP) is 7.66. The van der Waals surface area contributed by atoms with Crippen molar-refractivity contribution in [2.24, 2.45) is 0 Å². The molecule has 1 aliphatic heterocycles. The molecule has 0 fully saturated rings. The Morgan fingerprint density at radius 1 is 1.03 bits per heavy atom. The second-order valence-electron chi connectivity index (χ2n) is 8.70. The number of ether oxygens (including phenoxy) is 2. The van der Waals surface area contributed by atoms with Crippen molar-refractivity contribution in [3.05, 3.63) is 34.4 Å². The lowest BCUT2D eigenvalue weighted by Gasteiger charge is -2.34. The number of phenolic OH excluding ortho intramolecular Hbond substituents is 1. The van der Waals surface area contributed by atoms with Crippen LogP contribution in [0.1, 0.15) is 109 Å². The van der Waals surface area contributed by atoms with E-state index >= 15 is 0 Å². The number of allylic oxidation sites excluding steroid dienone is 2. The van der Waals surface area contributed by atoms with E-state index in [0.717, 1.165) is 42.6 Å². The van der Waals surface area contributed by atoms with Gasteiger partial charge in [-0.3, -0.25) is 0 Å². The third-order valence-electron chi connectivity index (χ3n) is 6.24. The van der Waals surface area contributed by atoms with Gasteiger partial charge in [0.25, 0.3) is 0 Å². The van der Waals surface area contributed by atoms with Crippen molar-refractivity contribution >= 4 is 0 Å². The number of phenols is 1. The Labute approximate surface area is 178 Å². The van der Waals surface area contributed by atoms with Crippen LogP contribution < -0.4 is 4.74 Å². The SMILES string of the molecule is CCCCCCCCCCc1cc(O)c2c(c1)OC(OC)CC2C(CC)=C(C)C. The number of aryl methyl sites for hydroxylation is 1. The summed E-state index contributed by atoms with van der Waals surface area (Å²) in [6.07, 6.45) is 13.0. The van der Waals surface area contributed by atoms with E-state index < -0.39 is 0 Å². The number of rotatable bonds is 12. The molecular weight excluding hydrogens is 360 g/mol. The van der Waals surface area contributed by atoms with Gasteiger partial charge in [-0.25, -0.2) is 0 Å². The maximum absolute atomic E-state index is 10.9. The average molecular weight is 403 g/mol.